The standard InChI is InChI=1S/C15H14Cl3NO/c1-9(19)12-7-11(16)3-5-15(12)20-8-10-2-4-13(17)14(18)6-10/h2-7,9H,8,19H2,1H3/t9-/m1/s1. The van der Waals surface area contributed by atoms with Gasteiger partial charge in [0.05, 0.1) is 10.0 Å². The Bertz CT molecular complexity index is 614. The first kappa shape index (κ1) is 15.5. The molecule has 0 aliphatic carbocycles. The molecule has 20 heavy (non-hydrogen) atoms. The van der Waals surface area contributed by atoms with E-state index in [0.717, 1.165) is 16.9 Å². The van der Waals surface area contributed by atoms with Crippen molar-refractivity contribution in [3.05, 3.63) is 62.6 Å². The van der Waals surface area contributed by atoms with E-state index in [9.17, 15) is 0 Å². The van der Waals surface area contributed by atoms with E-state index in [1.807, 2.05) is 25.1 Å². The fourth-order valence-corrected chi connectivity index (χ4v) is 2.30. The third-order valence-electron chi connectivity index (χ3n) is 2.84. The molecule has 0 fully saturated rings. The highest BCUT2D eigenvalue weighted by Crippen LogP contribution is 2.29. The number of ether oxygens (including phenoxy) is 1. The number of benzene rings is 2. The molecule has 2 aromatic rings. The molecule has 5 heteroatoms. The van der Waals surface area contributed by atoms with Crippen LogP contribution in [0, 0.1) is 0 Å². The molecule has 106 valence electrons. The van der Waals surface area contributed by atoms with E-state index < -0.39 is 0 Å². The second-order valence-corrected chi connectivity index (χ2v) is 5.76. The molecule has 0 bridgehead atoms. The molecule has 0 saturated carbocycles. The van der Waals surface area contributed by atoms with Crippen molar-refractivity contribution in [3.63, 3.8) is 0 Å². The van der Waals surface area contributed by atoms with Crippen LogP contribution in [0.5, 0.6) is 5.75 Å². The lowest BCUT2D eigenvalue weighted by atomic mass is 10.1. The van der Waals surface area contributed by atoms with Gasteiger partial charge in [0.1, 0.15) is 12.4 Å². The second kappa shape index (κ2) is 6.68. The van der Waals surface area contributed by atoms with E-state index in [1.54, 1.807) is 18.2 Å². The van der Waals surface area contributed by atoms with Crippen LogP contribution in [0.3, 0.4) is 0 Å². The van der Waals surface area contributed by atoms with Crippen LogP contribution in [0.1, 0.15) is 24.1 Å². The van der Waals surface area contributed by atoms with Gasteiger partial charge in [-0.2, -0.15) is 0 Å². The molecule has 1 atom stereocenters. The molecule has 0 aliphatic heterocycles. The Morgan fingerprint density at radius 3 is 2.45 bits per heavy atom. The number of rotatable bonds is 4. The van der Waals surface area contributed by atoms with Gasteiger partial charge in [0.15, 0.2) is 0 Å². The van der Waals surface area contributed by atoms with Gasteiger partial charge in [0.25, 0.3) is 0 Å². The highest BCUT2D eigenvalue weighted by Gasteiger charge is 2.09. The van der Waals surface area contributed by atoms with Gasteiger partial charge < -0.3 is 10.5 Å². The Morgan fingerprint density at radius 2 is 1.80 bits per heavy atom. The summed E-state index contributed by atoms with van der Waals surface area (Å²) in [6.45, 7) is 2.27. The van der Waals surface area contributed by atoms with Crippen LogP contribution >= 0.6 is 34.8 Å². The van der Waals surface area contributed by atoms with Crippen LogP contribution in [0.2, 0.25) is 15.1 Å². The van der Waals surface area contributed by atoms with Crippen molar-refractivity contribution >= 4 is 34.8 Å². The van der Waals surface area contributed by atoms with Gasteiger partial charge in [-0.1, -0.05) is 40.9 Å². The maximum Gasteiger partial charge on any atom is 0.124 e. The first-order valence-corrected chi connectivity index (χ1v) is 7.22. The topological polar surface area (TPSA) is 35.2 Å². The van der Waals surface area contributed by atoms with Crippen LogP contribution in [-0.2, 0) is 6.61 Å². The molecule has 2 aromatic carbocycles. The predicted octanol–water partition coefficient (Wildman–Crippen LogP) is 5.25. The van der Waals surface area contributed by atoms with Gasteiger partial charge in [-0.05, 0) is 42.8 Å². The largest absolute Gasteiger partial charge is 0.489 e. The zero-order valence-electron chi connectivity index (χ0n) is 10.9. The summed E-state index contributed by atoms with van der Waals surface area (Å²) >= 11 is 17.8. The minimum absolute atomic E-state index is 0.155. The van der Waals surface area contributed by atoms with Crippen molar-refractivity contribution in [1.82, 2.24) is 0 Å². The summed E-state index contributed by atoms with van der Waals surface area (Å²) < 4.78 is 5.79. The van der Waals surface area contributed by atoms with Gasteiger partial charge in [0, 0.05) is 16.6 Å². The molecular weight excluding hydrogens is 317 g/mol. The SMILES string of the molecule is C[C@@H](N)c1cc(Cl)ccc1OCc1ccc(Cl)c(Cl)c1. The van der Waals surface area contributed by atoms with E-state index >= 15 is 0 Å². The first-order valence-electron chi connectivity index (χ1n) is 6.09. The summed E-state index contributed by atoms with van der Waals surface area (Å²) in [5.41, 5.74) is 7.73. The Kier molecular flexibility index (Phi) is 5.17. The minimum Gasteiger partial charge on any atom is -0.489 e. The monoisotopic (exact) mass is 329 g/mol. The van der Waals surface area contributed by atoms with Crippen LogP contribution < -0.4 is 10.5 Å². The van der Waals surface area contributed by atoms with Gasteiger partial charge in [0.2, 0.25) is 0 Å². The molecule has 0 unspecified atom stereocenters. The summed E-state index contributed by atoms with van der Waals surface area (Å²) in [5, 5.41) is 1.67. The fourth-order valence-electron chi connectivity index (χ4n) is 1.80. The lowest BCUT2D eigenvalue weighted by molar-refractivity contribution is 0.301. The zero-order valence-corrected chi connectivity index (χ0v) is 13.1. The highest BCUT2D eigenvalue weighted by atomic mass is 35.5. The molecule has 0 aromatic heterocycles. The molecular formula is C15H14Cl3NO. The molecule has 2 rings (SSSR count). The maximum absolute atomic E-state index is 5.97. The lowest BCUT2D eigenvalue weighted by Crippen LogP contribution is -2.08. The zero-order chi connectivity index (χ0) is 14.7. The van der Waals surface area contributed by atoms with Gasteiger partial charge in [-0.3, -0.25) is 0 Å². The number of halogens is 3. The number of hydrogen-bond acceptors (Lipinski definition) is 2. The number of hydrogen-bond donors (Lipinski definition) is 1. The van der Waals surface area contributed by atoms with Crippen LogP contribution in [-0.4, -0.2) is 0 Å². The number of nitrogens with two attached hydrogens (primary N) is 1. The Morgan fingerprint density at radius 1 is 1.05 bits per heavy atom. The summed E-state index contributed by atoms with van der Waals surface area (Å²) in [4.78, 5) is 0. The Hall–Kier alpha value is -0.930. The molecule has 0 saturated heterocycles. The van der Waals surface area contributed by atoms with Crippen LogP contribution in [0.4, 0.5) is 0 Å². The molecule has 0 radical (unpaired) electrons. The predicted molar refractivity (Wildman–Crippen MR) is 84.8 cm³/mol. The average molecular weight is 331 g/mol. The molecule has 0 aliphatic rings. The van der Waals surface area contributed by atoms with E-state index in [1.165, 1.54) is 0 Å². The third kappa shape index (κ3) is 3.80. The van der Waals surface area contributed by atoms with Crippen LogP contribution in [0.25, 0.3) is 0 Å². The van der Waals surface area contributed by atoms with Crippen molar-refractivity contribution in [3.8, 4) is 5.75 Å². The molecule has 0 amide bonds. The van der Waals surface area contributed by atoms with Crippen molar-refractivity contribution in [2.45, 2.75) is 19.6 Å². The second-order valence-electron chi connectivity index (χ2n) is 4.51. The molecule has 2 nitrogen and oxygen atoms in total. The van der Waals surface area contributed by atoms with Crippen molar-refractivity contribution in [2.24, 2.45) is 5.73 Å². The van der Waals surface area contributed by atoms with Crippen molar-refractivity contribution in [2.75, 3.05) is 0 Å². The molecule has 0 heterocycles. The van der Waals surface area contributed by atoms with Crippen LogP contribution in [0.15, 0.2) is 36.4 Å². The molecule has 2 N–H and O–H groups in total. The summed E-state index contributed by atoms with van der Waals surface area (Å²) in [6.07, 6.45) is 0. The molecule has 0 spiro atoms. The van der Waals surface area contributed by atoms with Crippen molar-refractivity contribution < 1.29 is 4.74 Å². The third-order valence-corrected chi connectivity index (χ3v) is 3.81. The van der Waals surface area contributed by atoms with Gasteiger partial charge in [-0.25, -0.2) is 0 Å². The smallest absolute Gasteiger partial charge is 0.124 e. The van der Waals surface area contributed by atoms with E-state index in [2.05, 4.69) is 0 Å². The first-order chi connectivity index (χ1) is 9.47. The summed E-state index contributed by atoms with van der Waals surface area (Å²) in [6, 6.07) is 10.7. The summed E-state index contributed by atoms with van der Waals surface area (Å²) in [7, 11) is 0. The van der Waals surface area contributed by atoms with Crippen molar-refractivity contribution in [1.29, 1.82) is 0 Å². The summed E-state index contributed by atoms with van der Waals surface area (Å²) in [5.74, 6) is 0.718. The maximum atomic E-state index is 5.97. The van der Waals surface area contributed by atoms with E-state index in [-0.39, 0.29) is 6.04 Å². The Labute approximate surface area is 133 Å². The normalized spacial score (nSPS) is 12.2. The van der Waals surface area contributed by atoms with E-state index in [0.29, 0.717) is 21.7 Å². The fraction of sp³-hybridized carbons (Fsp3) is 0.200. The average Bonchev–Trinajstić information content (AvgIpc) is 2.41. The van der Waals surface area contributed by atoms with E-state index in [4.69, 9.17) is 45.3 Å². The minimum atomic E-state index is -0.155. The quantitative estimate of drug-likeness (QED) is 0.831. The van der Waals surface area contributed by atoms with Gasteiger partial charge in [-0.15, -0.1) is 0 Å². The Balaban J connectivity index is 2.16. The van der Waals surface area contributed by atoms with Gasteiger partial charge >= 0.3 is 0 Å². The lowest BCUT2D eigenvalue weighted by Gasteiger charge is -2.14. The highest BCUT2D eigenvalue weighted by molar-refractivity contribution is 6.42.